The molecule has 2 fully saturated rings. The third-order valence-electron chi connectivity index (χ3n) is 6.51. The number of ether oxygens (including phenoxy) is 1. The Labute approximate surface area is 200 Å². The van der Waals surface area contributed by atoms with Gasteiger partial charge in [0, 0.05) is 44.1 Å². The van der Waals surface area contributed by atoms with Crippen LogP contribution in [0.4, 0.5) is 5.69 Å². The molecule has 1 aromatic carbocycles. The molecule has 0 spiro atoms. The number of hydrogen-bond acceptors (Lipinski definition) is 5. The highest BCUT2D eigenvalue weighted by molar-refractivity contribution is 7.89. The van der Waals surface area contributed by atoms with Crippen molar-refractivity contribution in [2.75, 3.05) is 38.6 Å². The summed E-state index contributed by atoms with van der Waals surface area (Å²) in [4.78, 5) is 30.4. The van der Waals surface area contributed by atoms with Gasteiger partial charge in [0.15, 0.2) is 0 Å². The van der Waals surface area contributed by atoms with Gasteiger partial charge in [-0.05, 0) is 43.9 Å². The minimum atomic E-state index is -3.83. The number of aromatic nitrogens is 1. The molecule has 0 aliphatic carbocycles. The van der Waals surface area contributed by atoms with Gasteiger partial charge in [-0.2, -0.15) is 4.31 Å². The molecule has 0 unspecified atom stereocenters. The topological polar surface area (TPSA) is 112 Å². The Bertz CT molecular complexity index is 1120. The minimum Gasteiger partial charge on any atom is -0.497 e. The molecule has 10 heteroatoms. The van der Waals surface area contributed by atoms with Gasteiger partial charge in [0.25, 0.3) is 5.91 Å². The predicted molar refractivity (Wildman–Crippen MR) is 128 cm³/mol. The summed E-state index contributed by atoms with van der Waals surface area (Å²) in [6.45, 7) is 1.82. The van der Waals surface area contributed by atoms with Gasteiger partial charge in [-0.25, -0.2) is 8.42 Å². The number of nitrogens with zero attached hydrogens (tertiary/aromatic N) is 2. The lowest BCUT2D eigenvalue weighted by Crippen LogP contribution is -2.43. The maximum Gasteiger partial charge on any atom is 0.270 e. The number of piperidine rings is 1. The van der Waals surface area contributed by atoms with E-state index in [-0.39, 0.29) is 28.9 Å². The third kappa shape index (κ3) is 5.44. The van der Waals surface area contributed by atoms with E-state index in [9.17, 15) is 18.0 Å². The average Bonchev–Trinajstić information content (AvgIpc) is 3.21. The fourth-order valence-corrected chi connectivity index (χ4v) is 6.08. The quantitative estimate of drug-likeness (QED) is 0.649. The molecule has 2 saturated heterocycles. The lowest BCUT2D eigenvalue weighted by molar-refractivity contribution is -0.120. The van der Waals surface area contributed by atoms with Crippen LogP contribution in [-0.4, -0.2) is 67.7 Å². The molecular formula is C24H32N4O5S. The van der Waals surface area contributed by atoms with E-state index >= 15 is 0 Å². The molecule has 2 amide bonds. The summed E-state index contributed by atoms with van der Waals surface area (Å²) in [5.41, 5.74) is 0.886. The van der Waals surface area contributed by atoms with Crippen molar-refractivity contribution >= 4 is 27.5 Å². The Hall–Kier alpha value is -2.85. The van der Waals surface area contributed by atoms with Crippen molar-refractivity contribution in [2.24, 2.45) is 5.92 Å². The van der Waals surface area contributed by atoms with Crippen molar-refractivity contribution in [1.82, 2.24) is 14.2 Å². The van der Waals surface area contributed by atoms with Crippen LogP contribution in [0.1, 0.15) is 49.0 Å². The van der Waals surface area contributed by atoms with Crippen molar-refractivity contribution < 1.29 is 22.7 Å². The first-order valence-electron chi connectivity index (χ1n) is 11.8. The smallest absolute Gasteiger partial charge is 0.270 e. The molecule has 0 saturated carbocycles. The largest absolute Gasteiger partial charge is 0.497 e. The van der Waals surface area contributed by atoms with Crippen LogP contribution in [0.2, 0.25) is 0 Å². The fraction of sp³-hybridized carbons (Fsp3) is 0.500. The molecule has 34 heavy (non-hydrogen) atoms. The highest BCUT2D eigenvalue weighted by Crippen LogP contribution is 2.26. The van der Waals surface area contributed by atoms with Crippen molar-refractivity contribution in [1.29, 1.82) is 0 Å². The highest BCUT2D eigenvalue weighted by Gasteiger charge is 2.34. The molecule has 9 nitrogen and oxygen atoms in total. The van der Waals surface area contributed by atoms with Crippen LogP contribution < -0.4 is 10.1 Å². The summed E-state index contributed by atoms with van der Waals surface area (Å²) < 4.78 is 33.1. The van der Waals surface area contributed by atoms with Gasteiger partial charge in [0.05, 0.1) is 13.0 Å². The monoisotopic (exact) mass is 488 g/mol. The number of anilines is 1. The predicted octanol–water partition coefficient (Wildman–Crippen LogP) is 3.08. The molecule has 2 aromatic rings. The zero-order chi connectivity index (χ0) is 24.1. The third-order valence-corrected chi connectivity index (χ3v) is 8.35. The molecule has 2 N–H and O–H groups in total. The Kier molecular flexibility index (Phi) is 7.57. The minimum absolute atomic E-state index is 0.0551. The number of aromatic amines is 1. The number of sulfonamides is 1. The molecule has 0 bridgehead atoms. The number of methoxy groups -OCH3 is 1. The van der Waals surface area contributed by atoms with Gasteiger partial charge in [-0.15, -0.1) is 0 Å². The van der Waals surface area contributed by atoms with Crippen LogP contribution in [0.5, 0.6) is 5.75 Å². The average molecular weight is 489 g/mol. The van der Waals surface area contributed by atoms with Crippen molar-refractivity contribution in [3.63, 3.8) is 0 Å². The van der Waals surface area contributed by atoms with E-state index in [4.69, 9.17) is 4.74 Å². The van der Waals surface area contributed by atoms with Gasteiger partial charge >= 0.3 is 0 Å². The van der Waals surface area contributed by atoms with E-state index in [1.165, 1.54) is 16.6 Å². The summed E-state index contributed by atoms with van der Waals surface area (Å²) in [6.07, 6.45) is 6.70. The summed E-state index contributed by atoms with van der Waals surface area (Å²) in [5.74, 6) is -0.229. The van der Waals surface area contributed by atoms with Gasteiger partial charge in [0.2, 0.25) is 15.9 Å². The van der Waals surface area contributed by atoms with E-state index in [0.29, 0.717) is 43.9 Å². The second-order valence-corrected chi connectivity index (χ2v) is 10.8. The van der Waals surface area contributed by atoms with Crippen LogP contribution in [0.3, 0.4) is 0 Å². The molecule has 2 aliphatic rings. The van der Waals surface area contributed by atoms with Gasteiger partial charge in [-0.3, -0.25) is 9.59 Å². The number of benzene rings is 1. The Morgan fingerprint density at radius 2 is 1.82 bits per heavy atom. The number of carbonyl (C=O) groups is 2. The van der Waals surface area contributed by atoms with Crippen LogP contribution in [0.25, 0.3) is 0 Å². The summed E-state index contributed by atoms with van der Waals surface area (Å²) in [7, 11) is -2.28. The Morgan fingerprint density at radius 1 is 1.06 bits per heavy atom. The number of likely N-dealkylation sites (tertiary alicyclic amines) is 1. The Balaban J connectivity index is 1.43. The van der Waals surface area contributed by atoms with E-state index in [1.807, 2.05) is 0 Å². The first-order valence-corrected chi connectivity index (χ1v) is 13.3. The summed E-state index contributed by atoms with van der Waals surface area (Å²) in [6, 6.07) is 8.47. The molecule has 0 radical (unpaired) electrons. The lowest BCUT2D eigenvalue weighted by atomic mass is 9.98. The van der Waals surface area contributed by atoms with Crippen LogP contribution in [0, 0.1) is 5.92 Å². The number of carbonyl (C=O) groups excluding carboxylic acids is 2. The molecule has 1 aromatic heterocycles. The fourth-order valence-electron chi connectivity index (χ4n) is 4.56. The first-order chi connectivity index (χ1) is 16.4. The van der Waals surface area contributed by atoms with E-state index in [2.05, 4.69) is 10.3 Å². The number of H-pyrrole nitrogens is 1. The second-order valence-electron chi connectivity index (χ2n) is 8.88. The number of nitrogens with one attached hydrogen (secondary N) is 2. The number of hydrogen-bond donors (Lipinski definition) is 2. The normalized spacial score (nSPS) is 19.9. The van der Waals surface area contributed by atoms with Crippen LogP contribution >= 0.6 is 0 Å². The molecular weight excluding hydrogens is 456 g/mol. The molecule has 2 aliphatic heterocycles. The maximum atomic E-state index is 13.3. The molecule has 184 valence electrons. The standard InChI is InChI=1S/C24H32N4O5S/c1-33-20-10-6-9-19(14-20)26-23(29)18-8-7-13-28(17-18)34(31,32)21-15-22(25-16-21)24(30)27-11-4-2-3-5-12-27/h6,9-10,14-16,18,25H,2-5,7-8,11-13,17H2,1H3,(H,26,29)/t18-/m0/s1. The lowest BCUT2D eigenvalue weighted by Gasteiger charge is -2.31. The Morgan fingerprint density at radius 3 is 2.56 bits per heavy atom. The summed E-state index contributed by atoms with van der Waals surface area (Å²) in [5, 5.41) is 2.86. The molecule has 1 atom stereocenters. The number of amides is 2. The van der Waals surface area contributed by atoms with Crippen LogP contribution in [0.15, 0.2) is 41.4 Å². The zero-order valence-corrected chi connectivity index (χ0v) is 20.3. The van der Waals surface area contributed by atoms with Crippen molar-refractivity contribution in [3.8, 4) is 5.75 Å². The maximum absolute atomic E-state index is 13.3. The second kappa shape index (κ2) is 10.6. The van der Waals surface area contributed by atoms with Crippen molar-refractivity contribution in [3.05, 3.63) is 42.2 Å². The van der Waals surface area contributed by atoms with Gasteiger partial charge in [0.1, 0.15) is 16.3 Å². The summed E-state index contributed by atoms with van der Waals surface area (Å²) >= 11 is 0. The van der Waals surface area contributed by atoms with Crippen molar-refractivity contribution in [2.45, 2.75) is 43.4 Å². The zero-order valence-electron chi connectivity index (χ0n) is 19.5. The van der Waals surface area contributed by atoms with Crippen LogP contribution in [-0.2, 0) is 14.8 Å². The first kappa shape index (κ1) is 24.3. The SMILES string of the molecule is COc1cccc(NC(=O)[C@H]2CCCN(S(=O)(=O)c3c[nH]c(C(=O)N4CCCCCC4)c3)C2)c1. The van der Waals surface area contributed by atoms with E-state index in [1.54, 1.807) is 36.3 Å². The van der Waals surface area contributed by atoms with E-state index < -0.39 is 15.9 Å². The molecule has 4 rings (SSSR count). The van der Waals surface area contributed by atoms with Gasteiger partial charge in [-0.1, -0.05) is 18.9 Å². The number of rotatable bonds is 6. The highest BCUT2D eigenvalue weighted by atomic mass is 32.2. The van der Waals surface area contributed by atoms with Gasteiger partial charge < -0.3 is 19.9 Å². The molecule has 3 heterocycles. The van der Waals surface area contributed by atoms with E-state index in [0.717, 1.165) is 25.7 Å².